The maximum absolute atomic E-state index is 13.4. The summed E-state index contributed by atoms with van der Waals surface area (Å²) in [6, 6.07) is 16.7. The Labute approximate surface area is 193 Å². The maximum atomic E-state index is 13.4. The topological polar surface area (TPSA) is 55.2 Å². The van der Waals surface area contributed by atoms with E-state index in [1.165, 1.54) is 11.8 Å². The van der Waals surface area contributed by atoms with Gasteiger partial charge in [0.05, 0.1) is 28.9 Å². The summed E-state index contributed by atoms with van der Waals surface area (Å²) in [6.07, 6.45) is 0. The predicted octanol–water partition coefficient (Wildman–Crippen LogP) is 5.16. The molecule has 2 aromatic carbocycles. The standard InChI is InChI=1S/C23H20ClN3O2S2/c1-15-6-3-4-8-20(15)27-22(29)18-10-9-16(24)12-19(18)25-23(27)31-14-21(28)26(2)13-17-7-5-11-30-17/h3-12H,13-14H2,1-2H3. The number of aromatic nitrogens is 2. The number of amides is 1. The summed E-state index contributed by atoms with van der Waals surface area (Å²) in [5, 5.41) is 3.45. The van der Waals surface area contributed by atoms with Crippen molar-refractivity contribution in [2.45, 2.75) is 18.6 Å². The molecule has 0 aliphatic rings. The smallest absolute Gasteiger partial charge is 0.266 e. The van der Waals surface area contributed by atoms with E-state index in [4.69, 9.17) is 16.6 Å². The highest BCUT2D eigenvalue weighted by molar-refractivity contribution is 7.99. The number of benzene rings is 2. The molecule has 5 nitrogen and oxygen atoms in total. The number of rotatable bonds is 6. The van der Waals surface area contributed by atoms with E-state index in [9.17, 15) is 9.59 Å². The van der Waals surface area contributed by atoms with Gasteiger partial charge in [-0.2, -0.15) is 0 Å². The van der Waals surface area contributed by atoms with Gasteiger partial charge < -0.3 is 4.90 Å². The van der Waals surface area contributed by atoms with E-state index in [2.05, 4.69) is 0 Å². The summed E-state index contributed by atoms with van der Waals surface area (Å²) < 4.78 is 1.59. The third kappa shape index (κ3) is 4.69. The third-order valence-electron chi connectivity index (χ3n) is 4.88. The molecule has 0 fully saturated rings. The number of halogens is 1. The molecule has 1 amide bonds. The molecular weight excluding hydrogens is 450 g/mol. The predicted molar refractivity (Wildman–Crippen MR) is 129 cm³/mol. The largest absolute Gasteiger partial charge is 0.340 e. The number of aryl methyl sites for hydroxylation is 1. The Morgan fingerprint density at radius 1 is 1.19 bits per heavy atom. The molecule has 0 spiro atoms. The molecule has 4 aromatic rings. The average molecular weight is 470 g/mol. The minimum atomic E-state index is -0.183. The quantitative estimate of drug-likeness (QED) is 0.289. The van der Waals surface area contributed by atoms with Gasteiger partial charge in [-0.3, -0.25) is 14.2 Å². The van der Waals surface area contributed by atoms with Crippen LogP contribution >= 0.6 is 34.7 Å². The molecule has 0 unspecified atom stereocenters. The Kier molecular flexibility index (Phi) is 6.46. The lowest BCUT2D eigenvalue weighted by Crippen LogP contribution is -2.28. The molecule has 0 aliphatic carbocycles. The molecule has 31 heavy (non-hydrogen) atoms. The van der Waals surface area contributed by atoms with Crippen LogP contribution in [0, 0.1) is 6.92 Å². The summed E-state index contributed by atoms with van der Waals surface area (Å²) >= 11 is 9.00. The molecule has 0 saturated carbocycles. The van der Waals surface area contributed by atoms with Gasteiger partial charge in [0, 0.05) is 16.9 Å². The fraction of sp³-hybridized carbons (Fsp3) is 0.174. The average Bonchev–Trinajstić information content (AvgIpc) is 3.25. The normalized spacial score (nSPS) is 11.1. The van der Waals surface area contributed by atoms with Crippen molar-refractivity contribution in [1.29, 1.82) is 0 Å². The number of carbonyl (C=O) groups is 1. The van der Waals surface area contributed by atoms with Crippen molar-refractivity contribution in [3.8, 4) is 5.69 Å². The molecule has 0 atom stereocenters. The number of para-hydroxylation sites is 1. The zero-order valence-corrected chi connectivity index (χ0v) is 19.4. The summed E-state index contributed by atoms with van der Waals surface area (Å²) in [6.45, 7) is 2.50. The van der Waals surface area contributed by atoms with Crippen molar-refractivity contribution in [2.24, 2.45) is 0 Å². The molecule has 4 rings (SSSR count). The SMILES string of the molecule is Cc1ccccc1-n1c(SCC(=O)N(C)Cc2cccs2)nc2cc(Cl)ccc2c1=O. The van der Waals surface area contributed by atoms with Crippen molar-refractivity contribution < 1.29 is 4.79 Å². The van der Waals surface area contributed by atoms with Crippen molar-refractivity contribution in [2.75, 3.05) is 12.8 Å². The van der Waals surface area contributed by atoms with Gasteiger partial charge in [-0.1, -0.05) is 47.6 Å². The lowest BCUT2D eigenvalue weighted by Gasteiger charge is -2.18. The molecule has 0 N–H and O–H groups in total. The Morgan fingerprint density at radius 3 is 2.74 bits per heavy atom. The molecular formula is C23H20ClN3O2S2. The van der Waals surface area contributed by atoms with E-state index in [0.29, 0.717) is 27.6 Å². The van der Waals surface area contributed by atoms with Crippen LogP contribution in [0.3, 0.4) is 0 Å². The number of thiophene rings is 1. The number of nitrogens with zero attached hydrogens (tertiary/aromatic N) is 3. The van der Waals surface area contributed by atoms with Crippen LogP contribution in [0.4, 0.5) is 0 Å². The van der Waals surface area contributed by atoms with Crippen molar-refractivity contribution >= 4 is 51.5 Å². The fourth-order valence-corrected chi connectivity index (χ4v) is 5.09. The number of hydrogen-bond acceptors (Lipinski definition) is 5. The van der Waals surface area contributed by atoms with E-state index < -0.39 is 0 Å². The van der Waals surface area contributed by atoms with E-state index in [0.717, 1.165) is 16.1 Å². The number of hydrogen-bond donors (Lipinski definition) is 0. The van der Waals surface area contributed by atoms with E-state index in [-0.39, 0.29) is 17.2 Å². The van der Waals surface area contributed by atoms with E-state index >= 15 is 0 Å². The Hall–Kier alpha value is -2.61. The van der Waals surface area contributed by atoms with Gasteiger partial charge in [-0.25, -0.2) is 4.98 Å². The van der Waals surface area contributed by atoms with Crippen molar-refractivity contribution in [1.82, 2.24) is 14.5 Å². The van der Waals surface area contributed by atoms with Gasteiger partial charge in [-0.15, -0.1) is 11.3 Å². The molecule has 8 heteroatoms. The zero-order chi connectivity index (χ0) is 22.0. The van der Waals surface area contributed by atoms with Crippen LogP contribution in [-0.2, 0) is 11.3 Å². The van der Waals surface area contributed by atoms with Gasteiger partial charge in [0.25, 0.3) is 5.56 Å². The first-order valence-corrected chi connectivity index (χ1v) is 11.9. The molecule has 2 aromatic heterocycles. The maximum Gasteiger partial charge on any atom is 0.266 e. The molecule has 0 aliphatic heterocycles. The lowest BCUT2D eigenvalue weighted by atomic mass is 10.2. The highest BCUT2D eigenvalue weighted by Crippen LogP contribution is 2.25. The third-order valence-corrected chi connectivity index (χ3v) is 6.90. The minimum absolute atomic E-state index is 0.0322. The summed E-state index contributed by atoms with van der Waals surface area (Å²) in [7, 11) is 1.78. The summed E-state index contributed by atoms with van der Waals surface area (Å²) in [5.41, 5.74) is 2.03. The number of thioether (sulfide) groups is 1. The van der Waals surface area contributed by atoms with Gasteiger partial charge in [0.15, 0.2) is 5.16 Å². The number of fused-ring (bicyclic) bond motifs is 1. The lowest BCUT2D eigenvalue weighted by molar-refractivity contribution is -0.127. The van der Waals surface area contributed by atoms with Gasteiger partial charge >= 0.3 is 0 Å². The first-order valence-electron chi connectivity index (χ1n) is 9.61. The molecule has 2 heterocycles. The van der Waals surface area contributed by atoms with Gasteiger partial charge in [0.1, 0.15) is 0 Å². The molecule has 0 radical (unpaired) electrons. The van der Waals surface area contributed by atoms with E-state index in [1.807, 2.05) is 48.7 Å². The van der Waals surface area contributed by atoms with Crippen LogP contribution in [0.25, 0.3) is 16.6 Å². The van der Waals surface area contributed by atoms with Crippen molar-refractivity contribution in [3.63, 3.8) is 0 Å². The fourth-order valence-electron chi connectivity index (χ4n) is 3.22. The highest BCUT2D eigenvalue weighted by Gasteiger charge is 2.18. The van der Waals surface area contributed by atoms with Gasteiger partial charge in [0.2, 0.25) is 5.91 Å². The second-order valence-electron chi connectivity index (χ2n) is 7.10. The summed E-state index contributed by atoms with van der Waals surface area (Å²) in [4.78, 5) is 33.6. The second-order valence-corrected chi connectivity index (χ2v) is 9.51. The first-order chi connectivity index (χ1) is 14.9. The second kappa shape index (κ2) is 9.26. The van der Waals surface area contributed by atoms with Crippen molar-refractivity contribution in [3.05, 3.63) is 85.8 Å². The summed E-state index contributed by atoms with van der Waals surface area (Å²) in [5.74, 6) is 0.141. The minimum Gasteiger partial charge on any atom is -0.340 e. The van der Waals surface area contributed by atoms with Crippen LogP contribution in [-0.4, -0.2) is 33.2 Å². The Balaban J connectivity index is 1.70. The van der Waals surface area contributed by atoms with E-state index in [1.54, 1.807) is 46.1 Å². The Morgan fingerprint density at radius 2 is 2.00 bits per heavy atom. The molecule has 0 saturated heterocycles. The first kappa shape index (κ1) is 21.6. The molecule has 0 bridgehead atoms. The number of carbonyl (C=O) groups excluding carboxylic acids is 1. The molecule has 158 valence electrons. The van der Waals surface area contributed by atoms with Crippen LogP contribution in [0.5, 0.6) is 0 Å². The zero-order valence-electron chi connectivity index (χ0n) is 17.0. The van der Waals surface area contributed by atoms with Crippen LogP contribution in [0.15, 0.2) is 69.9 Å². The van der Waals surface area contributed by atoms with Crippen LogP contribution < -0.4 is 5.56 Å². The highest BCUT2D eigenvalue weighted by atomic mass is 35.5. The Bertz CT molecular complexity index is 1300. The van der Waals surface area contributed by atoms with Crippen LogP contribution in [0.2, 0.25) is 5.02 Å². The van der Waals surface area contributed by atoms with Crippen LogP contribution in [0.1, 0.15) is 10.4 Å². The van der Waals surface area contributed by atoms with Gasteiger partial charge in [-0.05, 0) is 48.2 Å². The monoisotopic (exact) mass is 469 g/mol.